The molecule has 1 heterocycles. The van der Waals surface area contributed by atoms with Gasteiger partial charge in [0.05, 0.1) is 5.69 Å². The molecule has 0 aliphatic rings. The maximum Gasteiger partial charge on any atom is 0.143 e. The Morgan fingerprint density at radius 3 is 1.50 bits per heavy atom. The van der Waals surface area contributed by atoms with Gasteiger partial charge in [0.1, 0.15) is 11.2 Å². The molecule has 0 aliphatic carbocycles. The van der Waals surface area contributed by atoms with Crippen LogP contribution in [0.5, 0.6) is 0 Å². The van der Waals surface area contributed by atoms with E-state index < -0.39 is 0 Å². The first-order valence-electron chi connectivity index (χ1n) is 22.0. The van der Waals surface area contributed by atoms with Crippen molar-refractivity contribution in [1.82, 2.24) is 0 Å². The van der Waals surface area contributed by atoms with Crippen LogP contribution >= 0.6 is 0 Å². The molecule has 1 aromatic heterocycles. The van der Waals surface area contributed by atoms with Crippen LogP contribution in [0, 0.1) is 0 Å². The molecule has 0 saturated heterocycles. The molecule has 0 unspecified atom stereocenters. The van der Waals surface area contributed by atoms with Crippen molar-refractivity contribution >= 4 is 92.9 Å². The molecule has 0 radical (unpaired) electrons. The lowest BCUT2D eigenvalue weighted by atomic mass is 9.86. The predicted octanol–water partition coefficient (Wildman–Crippen LogP) is 17.8. The molecule has 2 heteroatoms. The number of fused-ring (bicyclic) bond motifs is 10. The fraction of sp³-hybridized carbons (Fsp3) is 0. The number of hydrogen-bond acceptors (Lipinski definition) is 2. The summed E-state index contributed by atoms with van der Waals surface area (Å²) in [7, 11) is 0. The Labute approximate surface area is 370 Å². The summed E-state index contributed by atoms with van der Waals surface area (Å²) >= 11 is 0. The van der Waals surface area contributed by atoms with Gasteiger partial charge in [-0.1, -0.05) is 194 Å². The maximum absolute atomic E-state index is 6.48. The van der Waals surface area contributed by atoms with Crippen LogP contribution in [0.3, 0.4) is 0 Å². The van der Waals surface area contributed by atoms with Crippen LogP contribution in [-0.2, 0) is 0 Å². The highest BCUT2D eigenvalue weighted by Crippen LogP contribution is 2.46. The second kappa shape index (κ2) is 14.6. The lowest BCUT2D eigenvalue weighted by molar-refractivity contribution is 0.670. The summed E-state index contributed by atoms with van der Waals surface area (Å²) in [6, 6.07) is 86.2. The number of para-hydroxylation sites is 2. The van der Waals surface area contributed by atoms with Crippen molar-refractivity contribution in [2.45, 2.75) is 0 Å². The number of benzene rings is 12. The number of anilines is 3. The molecule has 0 atom stereocenters. The Bertz CT molecular complexity index is 3950. The molecule has 0 saturated carbocycles. The van der Waals surface area contributed by atoms with Crippen molar-refractivity contribution in [3.63, 3.8) is 0 Å². The van der Waals surface area contributed by atoms with Crippen LogP contribution in [0.1, 0.15) is 0 Å². The Morgan fingerprint density at radius 2 is 0.797 bits per heavy atom. The van der Waals surface area contributed by atoms with Gasteiger partial charge in [-0.15, -0.1) is 0 Å². The molecular weight excluding hydrogens is 775 g/mol. The normalized spacial score (nSPS) is 11.8. The van der Waals surface area contributed by atoms with Gasteiger partial charge in [0.2, 0.25) is 0 Å². The highest BCUT2D eigenvalue weighted by molar-refractivity contribution is 6.18. The standard InChI is InChI=1S/C62H39NO/c1-6-19-49-40(14-1)32-37-56(58-38-43-15-2-4-17-47(43)51-20-7-8-22-53(51)58)61(49)42-30-35-46(36-31-42)63(59-39-44-16-3-5-18-48(44)52-21-9-10-23-54(52)59)45-33-28-41(29-34-45)50-25-13-26-57-55-24-11-12-27-60(55)64-62(50)57/h1-39H. The van der Waals surface area contributed by atoms with E-state index in [1.165, 1.54) is 76.1 Å². The van der Waals surface area contributed by atoms with E-state index in [0.717, 1.165) is 50.1 Å². The van der Waals surface area contributed by atoms with Crippen molar-refractivity contribution in [2.24, 2.45) is 0 Å². The van der Waals surface area contributed by atoms with E-state index in [4.69, 9.17) is 4.42 Å². The number of nitrogens with zero attached hydrogens (tertiary/aromatic N) is 1. The summed E-state index contributed by atoms with van der Waals surface area (Å²) in [4.78, 5) is 2.42. The van der Waals surface area contributed by atoms with Gasteiger partial charge >= 0.3 is 0 Å². The van der Waals surface area contributed by atoms with Crippen molar-refractivity contribution in [3.05, 3.63) is 237 Å². The van der Waals surface area contributed by atoms with Gasteiger partial charge in [-0.05, 0) is 119 Å². The minimum Gasteiger partial charge on any atom is -0.455 e. The third-order valence-corrected chi connectivity index (χ3v) is 13.2. The van der Waals surface area contributed by atoms with E-state index in [1.54, 1.807) is 0 Å². The molecule has 0 N–H and O–H groups in total. The molecule has 0 fully saturated rings. The predicted molar refractivity (Wildman–Crippen MR) is 272 cm³/mol. The lowest BCUT2D eigenvalue weighted by Crippen LogP contribution is -2.10. The Kier molecular flexibility index (Phi) is 8.25. The SMILES string of the molecule is c1ccc2c(-c3ccc(N(c4ccc(-c5cccc6c5oc5ccccc56)cc4)c4cc5ccccc5c5ccccc45)cc3)c(-c3cc4ccccc4c4ccccc34)ccc2c1. The van der Waals surface area contributed by atoms with Crippen molar-refractivity contribution in [2.75, 3.05) is 4.90 Å². The third kappa shape index (κ3) is 5.73. The number of furan rings is 1. The highest BCUT2D eigenvalue weighted by atomic mass is 16.3. The van der Waals surface area contributed by atoms with Gasteiger partial charge in [-0.3, -0.25) is 0 Å². The summed E-state index contributed by atoms with van der Waals surface area (Å²) in [5.41, 5.74) is 12.1. The van der Waals surface area contributed by atoms with E-state index in [1.807, 2.05) is 12.1 Å². The third-order valence-electron chi connectivity index (χ3n) is 13.2. The van der Waals surface area contributed by atoms with Crippen LogP contribution in [0.15, 0.2) is 241 Å². The summed E-state index contributed by atoms with van der Waals surface area (Å²) < 4.78 is 6.48. The average Bonchev–Trinajstić information content (AvgIpc) is 3.76. The van der Waals surface area contributed by atoms with Crippen LogP contribution in [0.25, 0.3) is 109 Å². The molecule has 298 valence electrons. The molecule has 13 aromatic rings. The molecule has 2 nitrogen and oxygen atoms in total. The van der Waals surface area contributed by atoms with Crippen LogP contribution in [-0.4, -0.2) is 0 Å². The van der Waals surface area contributed by atoms with E-state index in [9.17, 15) is 0 Å². The fourth-order valence-electron chi connectivity index (χ4n) is 10.3. The second-order valence-electron chi connectivity index (χ2n) is 16.8. The zero-order valence-corrected chi connectivity index (χ0v) is 34.9. The van der Waals surface area contributed by atoms with E-state index in [-0.39, 0.29) is 0 Å². The Balaban J connectivity index is 0.998. The Hall–Kier alpha value is -8.46. The fourth-order valence-corrected chi connectivity index (χ4v) is 10.3. The average molecular weight is 814 g/mol. The largest absolute Gasteiger partial charge is 0.455 e. The lowest BCUT2D eigenvalue weighted by Gasteiger charge is -2.28. The first kappa shape index (κ1) is 36.2. The van der Waals surface area contributed by atoms with Crippen molar-refractivity contribution < 1.29 is 4.42 Å². The van der Waals surface area contributed by atoms with Crippen molar-refractivity contribution in [3.8, 4) is 33.4 Å². The van der Waals surface area contributed by atoms with Gasteiger partial charge in [0.25, 0.3) is 0 Å². The quantitative estimate of drug-likeness (QED) is 0.156. The summed E-state index contributed by atoms with van der Waals surface area (Å²) in [6.07, 6.45) is 0. The van der Waals surface area contributed by atoms with Crippen molar-refractivity contribution in [1.29, 1.82) is 0 Å². The van der Waals surface area contributed by atoms with Crippen LogP contribution in [0.4, 0.5) is 17.1 Å². The van der Waals surface area contributed by atoms with E-state index >= 15 is 0 Å². The van der Waals surface area contributed by atoms with E-state index in [2.05, 4.69) is 229 Å². The second-order valence-corrected chi connectivity index (χ2v) is 16.8. The molecule has 0 bridgehead atoms. The molecule has 12 aromatic carbocycles. The van der Waals surface area contributed by atoms with Crippen LogP contribution in [0.2, 0.25) is 0 Å². The first-order chi connectivity index (χ1) is 31.7. The van der Waals surface area contributed by atoms with Crippen LogP contribution < -0.4 is 4.90 Å². The molecule has 64 heavy (non-hydrogen) atoms. The highest BCUT2D eigenvalue weighted by Gasteiger charge is 2.21. The summed E-state index contributed by atoms with van der Waals surface area (Å²) in [5.74, 6) is 0. The molecule has 0 aliphatic heterocycles. The monoisotopic (exact) mass is 813 g/mol. The minimum absolute atomic E-state index is 0.903. The smallest absolute Gasteiger partial charge is 0.143 e. The maximum atomic E-state index is 6.48. The topological polar surface area (TPSA) is 16.4 Å². The summed E-state index contributed by atoms with van der Waals surface area (Å²) in [5, 5.41) is 14.6. The zero-order valence-electron chi connectivity index (χ0n) is 34.9. The molecule has 0 amide bonds. The summed E-state index contributed by atoms with van der Waals surface area (Å²) in [6.45, 7) is 0. The number of rotatable bonds is 6. The molecule has 13 rings (SSSR count). The van der Waals surface area contributed by atoms with Gasteiger partial charge in [0, 0.05) is 33.1 Å². The van der Waals surface area contributed by atoms with E-state index in [0.29, 0.717) is 0 Å². The van der Waals surface area contributed by atoms with Gasteiger partial charge in [-0.25, -0.2) is 0 Å². The minimum atomic E-state index is 0.903. The molecular formula is C62H39NO. The number of hydrogen-bond donors (Lipinski definition) is 0. The Morgan fingerprint density at radius 1 is 0.281 bits per heavy atom. The van der Waals surface area contributed by atoms with Gasteiger partial charge in [-0.2, -0.15) is 0 Å². The van der Waals surface area contributed by atoms with Gasteiger partial charge in [0.15, 0.2) is 0 Å². The van der Waals surface area contributed by atoms with Gasteiger partial charge < -0.3 is 9.32 Å². The zero-order chi connectivity index (χ0) is 42.1. The first-order valence-corrected chi connectivity index (χ1v) is 22.0. The molecule has 0 spiro atoms.